The molecule has 0 atom stereocenters. The third kappa shape index (κ3) is 2.23. The molecule has 5 heteroatoms. The minimum atomic E-state index is -0.570. The lowest BCUT2D eigenvalue weighted by molar-refractivity contribution is -0.124. The van der Waals surface area contributed by atoms with Crippen molar-refractivity contribution >= 4 is 12.0 Å². The summed E-state index contributed by atoms with van der Waals surface area (Å²) in [5.74, 6) is -0.570. The van der Waals surface area contributed by atoms with Crippen molar-refractivity contribution in [2.45, 2.75) is 0 Å². The Morgan fingerprint density at radius 2 is 2.64 bits per heavy atom. The van der Waals surface area contributed by atoms with Gasteiger partial charge in [0.05, 0.1) is 18.2 Å². The minimum absolute atomic E-state index is 0.570. The van der Waals surface area contributed by atoms with E-state index in [1.54, 1.807) is 6.20 Å². The first-order valence-corrected chi connectivity index (χ1v) is 2.93. The molecule has 1 amide bonds. The molecular weight excluding hydrogens is 146 g/mol. The van der Waals surface area contributed by atoms with E-state index in [4.69, 9.17) is 5.21 Å². The van der Waals surface area contributed by atoms with Crippen LogP contribution in [0.1, 0.15) is 5.69 Å². The van der Waals surface area contributed by atoms with Crippen molar-refractivity contribution in [2.75, 3.05) is 0 Å². The Hall–Kier alpha value is -1.62. The fourth-order valence-electron chi connectivity index (χ4n) is 0.561. The fraction of sp³-hybridized carbons (Fsp3) is 0. The van der Waals surface area contributed by atoms with Crippen LogP contribution in [0.4, 0.5) is 0 Å². The number of carbonyl (C=O) groups excluding carboxylic acids is 1. The van der Waals surface area contributed by atoms with Crippen molar-refractivity contribution in [3.63, 3.8) is 0 Å². The average molecular weight is 153 g/mol. The third-order valence-electron chi connectivity index (χ3n) is 1.04. The highest BCUT2D eigenvalue weighted by Crippen LogP contribution is 1.92. The second-order valence-corrected chi connectivity index (χ2v) is 1.82. The first-order chi connectivity index (χ1) is 5.33. The molecule has 0 aromatic carbocycles. The third-order valence-corrected chi connectivity index (χ3v) is 1.04. The number of hydroxylamine groups is 1. The molecule has 3 N–H and O–H groups in total. The summed E-state index contributed by atoms with van der Waals surface area (Å²) in [6.45, 7) is 0. The van der Waals surface area contributed by atoms with Crippen LogP contribution < -0.4 is 5.48 Å². The van der Waals surface area contributed by atoms with E-state index in [9.17, 15) is 4.79 Å². The second-order valence-electron chi connectivity index (χ2n) is 1.82. The van der Waals surface area contributed by atoms with Gasteiger partial charge in [-0.05, 0) is 6.08 Å². The van der Waals surface area contributed by atoms with Gasteiger partial charge in [0.1, 0.15) is 0 Å². The van der Waals surface area contributed by atoms with Gasteiger partial charge >= 0.3 is 0 Å². The molecule has 5 nitrogen and oxygen atoms in total. The standard InChI is InChI=1S/C6H7N3O2/c10-6(9-11)2-1-5-3-7-4-8-5/h1-4,11H,(H,7,8)(H,9,10)/b2-1+. The van der Waals surface area contributed by atoms with Crippen LogP contribution in [0.5, 0.6) is 0 Å². The molecule has 0 spiro atoms. The summed E-state index contributed by atoms with van der Waals surface area (Å²) in [6, 6.07) is 0. The number of amides is 1. The normalized spacial score (nSPS) is 10.3. The number of H-pyrrole nitrogens is 1. The number of aromatic nitrogens is 2. The fourth-order valence-corrected chi connectivity index (χ4v) is 0.561. The minimum Gasteiger partial charge on any atom is -0.345 e. The molecule has 0 aliphatic heterocycles. The van der Waals surface area contributed by atoms with Crippen LogP contribution in [0.3, 0.4) is 0 Å². The van der Waals surface area contributed by atoms with Crippen molar-refractivity contribution in [1.82, 2.24) is 15.4 Å². The van der Waals surface area contributed by atoms with E-state index >= 15 is 0 Å². The lowest BCUT2D eigenvalue weighted by Gasteiger charge is -1.86. The van der Waals surface area contributed by atoms with Crippen molar-refractivity contribution < 1.29 is 10.0 Å². The Bertz CT molecular complexity index is 253. The predicted molar refractivity (Wildman–Crippen MR) is 37.6 cm³/mol. The van der Waals surface area contributed by atoms with Crippen molar-refractivity contribution in [2.24, 2.45) is 0 Å². The van der Waals surface area contributed by atoms with Crippen molar-refractivity contribution in [3.05, 3.63) is 24.3 Å². The maximum atomic E-state index is 10.4. The summed E-state index contributed by atoms with van der Waals surface area (Å²) in [7, 11) is 0. The van der Waals surface area contributed by atoms with Gasteiger partial charge in [-0.15, -0.1) is 0 Å². The lowest BCUT2D eigenvalue weighted by atomic mass is 10.4. The van der Waals surface area contributed by atoms with Crippen molar-refractivity contribution in [3.8, 4) is 0 Å². The van der Waals surface area contributed by atoms with Gasteiger partial charge < -0.3 is 4.98 Å². The van der Waals surface area contributed by atoms with Crippen LogP contribution in [-0.4, -0.2) is 21.1 Å². The van der Waals surface area contributed by atoms with E-state index in [-0.39, 0.29) is 0 Å². The predicted octanol–water partition coefficient (Wildman–Crippen LogP) is -0.0717. The van der Waals surface area contributed by atoms with Crippen LogP contribution in [0.25, 0.3) is 6.08 Å². The van der Waals surface area contributed by atoms with Gasteiger partial charge in [-0.2, -0.15) is 0 Å². The van der Waals surface area contributed by atoms with E-state index in [1.165, 1.54) is 24.0 Å². The molecule has 1 aromatic rings. The molecule has 0 saturated heterocycles. The molecule has 58 valence electrons. The van der Waals surface area contributed by atoms with Gasteiger partial charge in [0.15, 0.2) is 0 Å². The molecule has 11 heavy (non-hydrogen) atoms. The second kappa shape index (κ2) is 3.52. The summed E-state index contributed by atoms with van der Waals surface area (Å²) < 4.78 is 0. The highest BCUT2D eigenvalue weighted by atomic mass is 16.5. The molecule has 0 unspecified atom stereocenters. The Morgan fingerprint density at radius 1 is 1.82 bits per heavy atom. The highest BCUT2D eigenvalue weighted by Gasteiger charge is 1.90. The topological polar surface area (TPSA) is 78.0 Å². The number of aromatic amines is 1. The number of carbonyl (C=O) groups is 1. The number of imidazole rings is 1. The van der Waals surface area contributed by atoms with Crippen LogP contribution >= 0.6 is 0 Å². The van der Waals surface area contributed by atoms with Crippen molar-refractivity contribution in [1.29, 1.82) is 0 Å². The maximum Gasteiger partial charge on any atom is 0.267 e. The number of nitrogens with zero attached hydrogens (tertiary/aromatic N) is 1. The maximum absolute atomic E-state index is 10.4. The smallest absolute Gasteiger partial charge is 0.267 e. The zero-order chi connectivity index (χ0) is 8.10. The quantitative estimate of drug-likeness (QED) is 0.316. The Balaban J connectivity index is 2.55. The molecule has 0 aliphatic rings. The molecule has 0 radical (unpaired) electrons. The summed E-state index contributed by atoms with van der Waals surface area (Å²) in [5, 5.41) is 8.09. The first-order valence-electron chi connectivity index (χ1n) is 2.93. The molecule has 0 fully saturated rings. The Morgan fingerprint density at radius 3 is 3.18 bits per heavy atom. The molecule has 0 saturated carbocycles. The van der Waals surface area contributed by atoms with E-state index in [0.717, 1.165) is 0 Å². The van der Waals surface area contributed by atoms with E-state index in [2.05, 4.69) is 9.97 Å². The van der Waals surface area contributed by atoms with Crippen LogP contribution in [0.2, 0.25) is 0 Å². The molecular formula is C6H7N3O2. The monoisotopic (exact) mass is 153 g/mol. The first kappa shape index (κ1) is 7.49. The van der Waals surface area contributed by atoms with Crippen LogP contribution in [0, 0.1) is 0 Å². The Labute approximate surface area is 62.7 Å². The number of nitrogens with one attached hydrogen (secondary N) is 2. The zero-order valence-corrected chi connectivity index (χ0v) is 5.61. The van der Waals surface area contributed by atoms with Gasteiger partial charge in [0.25, 0.3) is 5.91 Å². The number of hydrogen-bond acceptors (Lipinski definition) is 3. The largest absolute Gasteiger partial charge is 0.345 e. The molecule has 1 rings (SSSR count). The Kier molecular flexibility index (Phi) is 2.40. The van der Waals surface area contributed by atoms with E-state index in [0.29, 0.717) is 5.69 Å². The molecule has 0 bridgehead atoms. The van der Waals surface area contributed by atoms with Gasteiger partial charge in [0.2, 0.25) is 0 Å². The summed E-state index contributed by atoms with van der Waals surface area (Å²) in [5.41, 5.74) is 2.17. The molecule has 1 heterocycles. The summed E-state index contributed by atoms with van der Waals surface area (Å²) in [6.07, 6.45) is 5.74. The molecule has 0 aliphatic carbocycles. The summed E-state index contributed by atoms with van der Waals surface area (Å²) in [4.78, 5) is 16.9. The average Bonchev–Trinajstić information content (AvgIpc) is 2.52. The number of rotatable bonds is 2. The highest BCUT2D eigenvalue weighted by molar-refractivity contribution is 5.90. The van der Waals surface area contributed by atoms with E-state index < -0.39 is 5.91 Å². The van der Waals surface area contributed by atoms with Gasteiger partial charge in [-0.25, -0.2) is 10.5 Å². The molecule has 1 aromatic heterocycles. The van der Waals surface area contributed by atoms with Crippen LogP contribution in [0.15, 0.2) is 18.6 Å². The number of hydrogen-bond donors (Lipinski definition) is 3. The van der Waals surface area contributed by atoms with Gasteiger partial charge in [-0.3, -0.25) is 10.0 Å². The SMILES string of the molecule is O=C(/C=C/c1cnc[nH]1)NO. The van der Waals surface area contributed by atoms with Gasteiger partial charge in [-0.1, -0.05) is 0 Å². The van der Waals surface area contributed by atoms with Crippen LogP contribution in [-0.2, 0) is 4.79 Å². The lowest BCUT2D eigenvalue weighted by Crippen LogP contribution is -2.14. The van der Waals surface area contributed by atoms with Gasteiger partial charge in [0, 0.05) is 6.08 Å². The zero-order valence-electron chi connectivity index (χ0n) is 5.61. The van der Waals surface area contributed by atoms with E-state index in [1.807, 2.05) is 0 Å². The summed E-state index contributed by atoms with van der Waals surface area (Å²) >= 11 is 0.